The van der Waals surface area contributed by atoms with Crippen LogP contribution in [-0.4, -0.2) is 11.7 Å². The van der Waals surface area contributed by atoms with E-state index in [-0.39, 0.29) is 6.67 Å². The van der Waals surface area contributed by atoms with Crippen LogP contribution in [0, 0.1) is 18.8 Å². The second-order valence-electron chi connectivity index (χ2n) is 12.4. The van der Waals surface area contributed by atoms with Crippen molar-refractivity contribution in [1.82, 2.24) is 4.98 Å². The van der Waals surface area contributed by atoms with Gasteiger partial charge >= 0.3 is 0 Å². The number of pyridine rings is 1. The first kappa shape index (κ1) is 40.0. The van der Waals surface area contributed by atoms with Gasteiger partial charge in [-0.25, -0.2) is 4.98 Å². The van der Waals surface area contributed by atoms with Crippen molar-refractivity contribution in [2.24, 2.45) is 5.92 Å². The van der Waals surface area contributed by atoms with Gasteiger partial charge in [-0.3, -0.25) is 4.39 Å². The summed E-state index contributed by atoms with van der Waals surface area (Å²) in [6.45, 7) is 19.1. The summed E-state index contributed by atoms with van der Waals surface area (Å²) in [4.78, 5) is 4.11. The molecule has 2 N–H and O–H groups in total. The van der Waals surface area contributed by atoms with Crippen molar-refractivity contribution in [3.63, 3.8) is 0 Å². The molecule has 0 saturated heterocycles. The number of aromatic nitrogens is 1. The molecule has 4 rings (SSSR count). The van der Waals surface area contributed by atoms with Crippen molar-refractivity contribution in [3.05, 3.63) is 94.1 Å². The summed E-state index contributed by atoms with van der Waals surface area (Å²) in [6.07, 6.45) is 10.8. The predicted octanol–water partition coefficient (Wildman–Crippen LogP) is 12.9. The quantitative estimate of drug-likeness (QED) is 0.191. The molecule has 0 saturated carbocycles. The fraction of sp³-hybridized carbons (Fsp3) is 0.537. The van der Waals surface area contributed by atoms with E-state index in [1.807, 2.05) is 32.0 Å². The Bertz CT molecular complexity index is 1260. The molecule has 0 spiro atoms. The monoisotopic (exact) mass is 620 g/mol. The number of hydrogen-bond donors (Lipinski definition) is 1. The van der Waals surface area contributed by atoms with Crippen LogP contribution in [0.25, 0.3) is 11.1 Å². The number of hydrogen-bond acceptors (Lipinski definition) is 2. The van der Waals surface area contributed by atoms with E-state index in [2.05, 4.69) is 89.8 Å². The van der Waals surface area contributed by atoms with Gasteiger partial charge in [0.15, 0.2) is 0 Å². The topological polar surface area (TPSA) is 38.9 Å². The molecule has 0 fully saturated rings. The molecule has 1 aliphatic carbocycles. The van der Waals surface area contributed by atoms with E-state index in [1.54, 1.807) is 0 Å². The molecule has 2 atom stereocenters. The molecule has 0 aliphatic heterocycles. The van der Waals surface area contributed by atoms with Crippen molar-refractivity contribution < 1.29 is 8.78 Å². The molecule has 0 radical (unpaired) electrons. The number of nitrogens with zero attached hydrogens (tertiary/aromatic N) is 1. The number of benzene rings is 2. The minimum Gasteiger partial charge on any atom is -0.399 e. The van der Waals surface area contributed by atoms with E-state index < -0.39 is 5.95 Å². The van der Waals surface area contributed by atoms with Crippen molar-refractivity contribution >= 4 is 16.8 Å². The molecule has 0 amide bonds. The number of rotatable bonds is 9. The van der Waals surface area contributed by atoms with Gasteiger partial charge in [0.05, 0.1) is 6.67 Å². The molecule has 2 nitrogen and oxygen atoms in total. The van der Waals surface area contributed by atoms with Gasteiger partial charge in [0.2, 0.25) is 5.95 Å². The zero-order chi connectivity index (χ0) is 33.8. The van der Waals surface area contributed by atoms with Gasteiger partial charge in [-0.15, -0.1) is 0 Å². The number of alkyl halides is 1. The van der Waals surface area contributed by atoms with Crippen molar-refractivity contribution in [2.45, 2.75) is 132 Å². The summed E-state index contributed by atoms with van der Waals surface area (Å²) < 4.78 is 25.9. The first-order valence-corrected chi connectivity index (χ1v) is 17.5. The van der Waals surface area contributed by atoms with Crippen LogP contribution >= 0.6 is 0 Å². The largest absolute Gasteiger partial charge is 0.399 e. The number of nitrogen functional groups attached to an aromatic ring is 1. The lowest BCUT2D eigenvalue weighted by Crippen LogP contribution is -2.01. The van der Waals surface area contributed by atoms with Crippen LogP contribution in [0.5, 0.6) is 0 Å². The Morgan fingerprint density at radius 3 is 1.96 bits per heavy atom. The van der Waals surface area contributed by atoms with Crippen molar-refractivity contribution in [3.8, 4) is 0 Å². The number of unbranched alkanes of at least 4 members (excludes halogenated alkanes) is 1. The third-order valence-corrected chi connectivity index (χ3v) is 8.23. The first-order chi connectivity index (χ1) is 21.6. The van der Waals surface area contributed by atoms with E-state index >= 15 is 0 Å². The molecule has 45 heavy (non-hydrogen) atoms. The summed E-state index contributed by atoms with van der Waals surface area (Å²) >= 11 is 0. The Kier molecular flexibility index (Phi) is 20.0. The number of anilines is 1. The minimum absolute atomic E-state index is 0.156. The molecule has 2 unspecified atom stereocenters. The number of nitrogens with two attached hydrogens (primary N) is 1. The van der Waals surface area contributed by atoms with E-state index in [0.717, 1.165) is 72.4 Å². The molecule has 4 heteroatoms. The molecule has 3 aromatic rings. The van der Waals surface area contributed by atoms with Gasteiger partial charge < -0.3 is 5.73 Å². The maximum atomic E-state index is 14.9. The van der Waals surface area contributed by atoms with Crippen LogP contribution in [0.4, 0.5) is 14.5 Å². The third kappa shape index (κ3) is 13.5. The van der Waals surface area contributed by atoms with E-state index in [0.29, 0.717) is 17.2 Å². The average Bonchev–Trinajstić information content (AvgIpc) is 3.21. The van der Waals surface area contributed by atoms with Gasteiger partial charge in [0.25, 0.3) is 0 Å². The van der Waals surface area contributed by atoms with E-state index in [9.17, 15) is 8.78 Å². The van der Waals surface area contributed by atoms with Gasteiger partial charge in [-0.1, -0.05) is 118 Å². The molecule has 1 aromatic heterocycles. The van der Waals surface area contributed by atoms with Gasteiger partial charge in [-0.2, -0.15) is 4.39 Å². The zero-order valence-corrected chi connectivity index (χ0v) is 29.9. The van der Waals surface area contributed by atoms with Crippen molar-refractivity contribution in [1.29, 1.82) is 0 Å². The lowest BCUT2D eigenvalue weighted by Gasteiger charge is -2.18. The molecule has 250 valence electrons. The molecule has 0 bridgehead atoms. The van der Waals surface area contributed by atoms with Gasteiger partial charge in [0, 0.05) is 16.9 Å². The highest BCUT2D eigenvalue weighted by atomic mass is 19.1. The Hall–Kier alpha value is -3.01. The first-order valence-electron chi connectivity index (χ1n) is 17.5. The van der Waals surface area contributed by atoms with Gasteiger partial charge in [0.1, 0.15) is 0 Å². The maximum Gasteiger partial charge on any atom is 0.220 e. The van der Waals surface area contributed by atoms with Crippen LogP contribution in [0.2, 0.25) is 0 Å². The summed E-state index contributed by atoms with van der Waals surface area (Å²) in [7, 11) is 0. The van der Waals surface area contributed by atoms with Crippen LogP contribution in [0.3, 0.4) is 0 Å². The summed E-state index contributed by atoms with van der Waals surface area (Å²) in [5.74, 6) is 1.08. The second-order valence-corrected chi connectivity index (χ2v) is 12.4. The number of fused-ring (bicyclic) bond motifs is 1. The summed E-state index contributed by atoms with van der Waals surface area (Å²) in [5, 5.41) is 0. The third-order valence-electron chi connectivity index (χ3n) is 8.23. The van der Waals surface area contributed by atoms with Gasteiger partial charge in [-0.05, 0) is 109 Å². The Morgan fingerprint density at radius 1 is 0.822 bits per heavy atom. The normalized spacial score (nSPS) is 13.5. The molecular weight excluding hydrogens is 558 g/mol. The smallest absolute Gasteiger partial charge is 0.220 e. The Morgan fingerprint density at radius 2 is 1.47 bits per heavy atom. The van der Waals surface area contributed by atoms with Crippen LogP contribution in [0.1, 0.15) is 153 Å². The number of aryl methyl sites for hydroxylation is 2. The highest BCUT2D eigenvalue weighted by Gasteiger charge is 2.22. The Labute approximate surface area is 275 Å². The van der Waals surface area contributed by atoms with Crippen LogP contribution in [-0.2, 0) is 6.42 Å². The lowest BCUT2D eigenvalue weighted by molar-refractivity contribution is 0.469. The van der Waals surface area contributed by atoms with Crippen LogP contribution in [0.15, 0.2) is 54.6 Å². The standard InChI is InChI=1S/C27H29FN2.C7H16.C4H9F.C3H8/c1-4-17(2)19-9-11-20(12-10-19)26-23-15-13-22(29)16-21(23)6-5-7-24(26)25-14-8-18(3)30-27(25)28;1-4-6-7(3)5-2;1-2-3-4-5;1-3-2/h8-17H,4-7,29H2,1-3H3;7H,4-6H2,1-3H3;2-4H2,1H3;3H2,1-2H3. The fourth-order valence-corrected chi connectivity index (χ4v) is 5.20. The highest BCUT2D eigenvalue weighted by molar-refractivity contribution is 6.00. The van der Waals surface area contributed by atoms with Crippen molar-refractivity contribution in [2.75, 3.05) is 12.4 Å². The fourth-order valence-electron chi connectivity index (χ4n) is 5.20. The number of allylic oxidation sites excluding steroid dienone is 1. The average molecular weight is 621 g/mol. The molecular formula is C41H62F2N2. The van der Waals surface area contributed by atoms with E-state index in [1.165, 1.54) is 36.8 Å². The zero-order valence-electron chi connectivity index (χ0n) is 29.9. The van der Waals surface area contributed by atoms with Crippen LogP contribution < -0.4 is 5.73 Å². The molecule has 1 heterocycles. The summed E-state index contributed by atoms with van der Waals surface area (Å²) in [6, 6.07) is 18.7. The SMILES string of the molecule is CCC.CCC(C)c1ccc(C2=C(c3ccc(C)nc3F)CCCc3cc(N)ccc32)cc1.CCCC(C)CC.CCCCF. The highest BCUT2D eigenvalue weighted by Crippen LogP contribution is 2.41. The lowest BCUT2D eigenvalue weighted by atomic mass is 9.87. The number of halogens is 2. The maximum absolute atomic E-state index is 14.9. The second kappa shape index (κ2) is 22.5. The minimum atomic E-state index is -0.391. The molecule has 1 aliphatic rings. The predicted molar refractivity (Wildman–Crippen MR) is 195 cm³/mol. The summed E-state index contributed by atoms with van der Waals surface area (Å²) in [5.41, 5.74) is 15.1. The van der Waals surface area contributed by atoms with E-state index in [4.69, 9.17) is 5.73 Å². The molecule has 2 aromatic carbocycles. The Balaban J connectivity index is 0.000000564.